The minimum atomic E-state index is 0.623. The second kappa shape index (κ2) is 10.5. The zero-order valence-electron chi connectivity index (χ0n) is 18.3. The molecule has 2 heterocycles. The molecule has 32 heavy (non-hydrogen) atoms. The maximum atomic E-state index is 6.00. The molecule has 5 nitrogen and oxygen atoms in total. The molecule has 0 aliphatic heterocycles. The quantitative estimate of drug-likeness (QED) is 0.200. The van der Waals surface area contributed by atoms with Gasteiger partial charge in [-0.05, 0) is 49.6 Å². The smallest absolute Gasteiger partial charge is 0.191 e. The lowest BCUT2D eigenvalue weighted by Crippen LogP contribution is -2.04. The highest BCUT2D eigenvalue weighted by Gasteiger charge is 2.12. The van der Waals surface area contributed by atoms with Gasteiger partial charge in [-0.3, -0.25) is 0 Å². The first-order chi connectivity index (χ1) is 15.5. The minimum absolute atomic E-state index is 0.623. The van der Waals surface area contributed by atoms with Gasteiger partial charge in [0.15, 0.2) is 5.16 Å². The third-order valence-electron chi connectivity index (χ3n) is 5.14. The predicted octanol–water partition coefficient (Wildman–Crippen LogP) is 6.51. The fourth-order valence-corrected chi connectivity index (χ4v) is 5.39. The number of rotatable bonds is 9. The molecule has 0 fully saturated rings. The van der Waals surface area contributed by atoms with Crippen molar-refractivity contribution in [3.63, 3.8) is 0 Å². The predicted molar refractivity (Wildman–Crippen MR) is 133 cm³/mol. The van der Waals surface area contributed by atoms with E-state index in [4.69, 9.17) is 21.3 Å². The molecule has 2 aromatic heterocycles. The highest BCUT2D eigenvalue weighted by Crippen LogP contribution is 2.29. The van der Waals surface area contributed by atoms with E-state index in [-0.39, 0.29) is 0 Å². The molecular weight excluding hydrogens is 460 g/mol. The van der Waals surface area contributed by atoms with Gasteiger partial charge in [-0.1, -0.05) is 47.6 Å². The van der Waals surface area contributed by atoms with Gasteiger partial charge in [-0.2, -0.15) is 0 Å². The molecule has 0 bridgehead atoms. The summed E-state index contributed by atoms with van der Waals surface area (Å²) in [4.78, 5) is 4.81. The van der Waals surface area contributed by atoms with Gasteiger partial charge in [-0.25, -0.2) is 4.98 Å². The number of nitrogens with zero attached hydrogens (tertiary/aromatic N) is 4. The SMILES string of the molecule is Cc1cc(Cl)ccc1OCCCc1nnc(SCc2csc(-c3ccccc3C)n2)n1C. The molecule has 0 spiro atoms. The normalized spacial score (nSPS) is 11.1. The lowest BCUT2D eigenvalue weighted by molar-refractivity contribution is 0.307. The average Bonchev–Trinajstić information content (AvgIpc) is 3.38. The molecule has 0 radical (unpaired) electrons. The second-order valence-electron chi connectivity index (χ2n) is 7.57. The summed E-state index contributed by atoms with van der Waals surface area (Å²) in [5, 5.41) is 13.6. The maximum Gasteiger partial charge on any atom is 0.191 e. The molecule has 0 amide bonds. The van der Waals surface area contributed by atoms with E-state index < -0.39 is 0 Å². The fourth-order valence-electron chi connectivity index (χ4n) is 3.32. The Kier molecular flexibility index (Phi) is 7.50. The highest BCUT2D eigenvalue weighted by molar-refractivity contribution is 7.98. The first kappa shape index (κ1) is 22.8. The molecule has 166 valence electrons. The molecular formula is C24H25ClN4OS2. The Bertz CT molecular complexity index is 1200. The van der Waals surface area contributed by atoms with Gasteiger partial charge in [0.1, 0.15) is 16.6 Å². The van der Waals surface area contributed by atoms with E-state index in [9.17, 15) is 0 Å². The van der Waals surface area contributed by atoms with E-state index >= 15 is 0 Å². The summed E-state index contributed by atoms with van der Waals surface area (Å²) < 4.78 is 7.95. The number of aromatic nitrogens is 4. The van der Waals surface area contributed by atoms with Crippen LogP contribution < -0.4 is 4.74 Å². The first-order valence-electron chi connectivity index (χ1n) is 10.4. The summed E-state index contributed by atoms with van der Waals surface area (Å²) in [6.45, 7) is 4.74. The Morgan fingerprint density at radius 3 is 2.75 bits per heavy atom. The summed E-state index contributed by atoms with van der Waals surface area (Å²) >= 11 is 9.35. The van der Waals surface area contributed by atoms with Gasteiger partial charge in [0.25, 0.3) is 0 Å². The molecule has 0 saturated carbocycles. The Morgan fingerprint density at radius 1 is 1.09 bits per heavy atom. The molecule has 0 atom stereocenters. The van der Waals surface area contributed by atoms with Crippen LogP contribution in [-0.2, 0) is 19.2 Å². The van der Waals surface area contributed by atoms with E-state index in [1.807, 2.05) is 32.2 Å². The van der Waals surface area contributed by atoms with Gasteiger partial charge >= 0.3 is 0 Å². The van der Waals surface area contributed by atoms with Crippen LogP contribution in [0.2, 0.25) is 5.02 Å². The number of thioether (sulfide) groups is 1. The molecule has 0 saturated heterocycles. The van der Waals surface area contributed by atoms with E-state index in [1.165, 1.54) is 11.1 Å². The van der Waals surface area contributed by atoms with Crippen LogP contribution in [0, 0.1) is 13.8 Å². The van der Waals surface area contributed by atoms with Gasteiger partial charge in [-0.15, -0.1) is 21.5 Å². The number of aryl methyl sites for hydroxylation is 3. The van der Waals surface area contributed by atoms with Crippen molar-refractivity contribution in [1.82, 2.24) is 19.7 Å². The van der Waals surface area contributed by atoms with E-state index in [2.05, 4.69) is 51.3 Å². The Balaban J connectivity index is 1.28. The van der Waals surface area contributed by atoms with Crippen LogP contribution in [-0.4, -0.2) is 26.4 Å². The van der Waals surface area contributed by atoms with Crippen molar-refractivity contribution < 1.29 is 4.74 Å². The Hall–Kier alpha value is -2.35. The monoisotopic (exact) mass is 484 g/mol. The molecule has 4 rings (SSSR count). The summed E-state index contributed by atoms with van der Waals surface area (Å²) in [7, 11) is 2.02. The fraction of sp³-hybridized carbons (Fsp3) is 0.292. The summed E-state index contributed by atoms with van der Waals surface area (Å²) in [6, 6.07) is 14.0. The van der Waals surface area contributed by atoms with Crippen molar-refractivity contribution in [2.45, 2.75) is 37.6 Å². The largest absolute Gasteiger partial charge is 0.493 e. The molecule has 8 heteroatoms. The number of halogens is 1. The van der Waals surface area contributed by atoms with Crippen LogP contribution in [0.4, 0.5) is 0 Å². The number of hydrogen-bond donors (Lipinski definition) is 0. The number of ether oxygens (including phenoxy) is 1. The third-order valence-corrected chi connectivity index (χ3v) is 7.35. The van der Waals surface area contributed by atoms with Crippen LogP contribution in [0.3, 0.4) is 0 Å². The summed E-state index contributed by atoms with van der Waals surface area (Å²) in [6.07, 6.45) is 1.68. The minimum Gasteiger partial charge on any atom is -0.493 e. The van der Waals surface area contributed by atoms with Crippen molar-refractivity contribution >= 4 is 34.7 Å². The van der Waals surface area contributed by atoms with Crippen LogP contribution >= 0.6 is 34.7 Å². The molecule has 0 aliphatic rings. The van der Waals surface area contributed by atoms with Crippen LogP contribution in [0.1, 0.15) is 29.1 Å². The lowest BCUT2D eigenvalue weighted by Gasteiger charge is -2.09. The zero-order chi connectivity index (χ0) is 22.5. The van der Waals surface area contributed by atoms with Crippen molar-refractivity contribution in [3.8, 4) is 16.3 Å². The molecule has 4 aromatic rings. The van der Waals surface area contributed by atoms with Gasteiger partial charge in [0.2, 0.25) is 0 Å². The second-order valence-corrected chi connectivity index (χ2v) is 9.80. The van der Waals surface area contributed by atoms with Crippen LogP contribution in [0.5, 0.6) is 5.75 Å². The maximum absolute atomic E-state index is 6.00. The Morgan fingerprint density at radius 2 is 1.94 bits per heavy atom. The number of thiazole rings is 1. The molecule has 0 N–H and O–H groups in total. The first-order valence-corrected chi connectivity index (χ1v) is 12.7. The topological polar surface area (TPSA) is 52.8 Å². The third kappa shape index (κ3) is 5.52. The molecule has 2 aromatic carbocycles. The van der Waals surface area contributed by atoms with E-state index in [0.717, 1.165) is 56.6 Å². The average molecular weight is 485 g/mol. The van der Waals surface area contributed by atoms with Crippen molar-refractivity contribution in [2.75, 3.05) is 6.61 Å². The zero-order valence-corrected chi connectivity index (χ0v) is 20.7. The molecule has 0 unspecified atom stereocenters. The van der Waals surface area contributed by atoms with E-state index in [1.54, 1.807) is 23.1 Å². The van der Waals surface area contributed by atoms with Crippen molar-refractivity contribution in [3.05, 3.63) is 75.5 Å². The Labute approximate surface area is 201 Å². The number of benzene rings is 2. The number of hydrogen-bond acceptors (Lipinski definition) is 6. The van der Waals surface area contributed by atoms with Crippen molar-refractivity contribution in [1.29, 1.82) is 0 Å². The van der Waals surface area contributed by atoms with Crippen LogP contribution in [0.25, 0.3) is 10.6 Å². The summed E-state index contributed by atoms with van der Waals surface area (Å²) in [5.74, 6) is 2.60. The van der Waals surface area contributed by atoms with E-state index in [0.29, 0.717) is 6.61 Å². The van der Waals surface area contributed by atoms with Crippen molar-refractivity contribution in [2.24, 2.45) is 7.05 Å². The standard InChI is InChI=1S/C24H25ClN4OS2/c1-16-7-4-5-8-20(16)23-26-19(14-31-23)15-32-24-28-27-22(29(24)3)9-6-12-30-21-11-10-18(25)13-17(21)2/h4-5,7-8,10-11,13-14H,6,9,12,15H2,1-3H3. The van der Waals surface area contributed by atoms with Gasteiger partial charge < -0.3 is 9.30 Å². The molecule has 0 aliphatic carbocycles. The highest BCUT2D eigenvalue weighted by atomic mass is 35.5. The van der Waals surface area contributed by atoms with Gasteiger partial charge in [0.05, 0.1) is 12.3 Å². The summed E-state index contributed by atoms with van der Waals surface area (Å²) in [5.41, 5.74) is 4.55. The van der Waals surface area contributed by atoms with Gasteiger partial charge in [0, 0.05) is 35.2 Å². The van der Waals surface area contributed by atoms with Crippen LogP contribution in [0.15, 0.2) is 53.0 Å². The lowest BCUT2D eigenvalue weighted by atomic mass is 10.1.